The topological polar surface area (TPSA) is 9.23 Å². The number of ether oxygens (including phenoxy) is 1. The first-order valence-corrected chi connectivity index (χ1v) is 15.8. The van der Waals surface area contributed by atoms with Crippen LogP contribution in [0, 0.1) is 0 Å². The van der Waals surface area contributed by atoms with E-state index in [1.165, 1.54) is 49.7 Å². The number of benzene rings is 7. The summed E-state index contributed by atoms with van der Waals surface area (Å²) in [6.45, 7) is 4.72. The molecule has 0 saturated heterocycles. The van der Waals surface area contributed by atoms with Crippen LogP contribution in [0.1, 0.15) is 47.2 Å². The van der Waals surface area contributed by atoms with E-state index in [-0.39, 0.29) is 5.41 Å². The van der Waals surface area contributed by atoms with Gasteiger partial charge in [-0.1, -0.05) is 141 Å². The van der Waals surface area contributed by atoms with Crippen LogP contribution in [0.4, 0.5) is 0 Å². The molecule has 214 valence electrons. The molecule has 0 atom stereocenters. The molecule has 0 spiro atoms. The largest absolute Gasteiger partial charge is 0.457 e. The number of hydrogen-bond acceptors (Lipinski definition) is 1. The van der Waals surface area contributed by atoms with E-state index < -0.39 is 5.41 Å². The molecule has 0 radical (unpaired) electrons. The third kappa shape index (κ3) is 3.68. The van der Waals surface area contributed by atoms with Crippen LogP contribution in [0.15, 0.2) is 158 Å². The minimum atomic E-state index is -0.505. The Morgan fingerprint density at radius 1 is 0.400 bits per heavy atom. The lowest BCUT2D eigenvalue weighted by molar-refractivity contribution is 0.435. The molecule has 1 heteroatoms. The summed E-state index contributed by atoms with van der Waals surface area (Å²) in [6.07, 6.45) is 0. The highest BCUT2D eigenvalue weighted by molar-refractivity contribution is 5.94. The average Bonchev–Trinajstić information content (AvgIpc) is 3.31. The molecule has 7 aromatic rings. The molecule has 0 amide bonds. The van der Waals surface area contributed by atoms with Crippen LogP contribution in [0.3, 0.4) is 0 Å². The van der Waals surface area contributed by atoms with Crippen LogP contribution in [-0.2, 0) is 10.8 Å². The first kappa shape index (κ1) is 26.0. The van der Waals surface area contributed by atoms with Gasteiger partial charge in [-0.2, -0.15) is 0 Å². The van der Waals surface area contributed by atoms with E-state index in [9.17, 15) is 0 Å². The molecule has 1 aliphatic carbocycles. The molecule has 0 unspecified atom stereocenters. The third-order valence-electron chi connectivity index (χ3n) is 10.2. The number of para-hydroxylation sites is 1. The Morgan fingerprint density at radius 3 is 1.69 bits per heavy atom. The first-order valence-electron chi connectivity index (χ1n) is 15.8. The van der Waals surface area contributed by atoms with E-state index in [2.05, 4.69) is 172 Å². The van der Waals surface area contributed by atoms with Gasteiger partial charge in [-0.25, -0.2) is 0 Å². The van der Waals surface area contributed by atoms with Crippen molar-refractivity contribution in [1.29, 1.82) is 0 Å². The van der Waals surface area contributed by atoms with Crippen molar-refractivity contribution in [2.75, 3.05) is 0 Å². The minimum absolute atomic E-state index is 0.0931. The average molecular weight is 577 g/mol. The molecule has 0 fully saturated rings. The monoisotopic (exact) mass is 576 g/mol. The van der Waals surface area contributed by atoms with Crippen molar-refractivity contribution in [3.63, 3.8) is 0 Å². The summed E-state index contributed by atoms with van der Waals surface area (Å²) in [7, 11) is 0. The van der Waals surface area contributed by atoms with Gasteiger partial charge in [-0.3, -0.25) is 0 Å². The fourth-order valence-corrected chi connectivity index (χ4v) is 7.99. The number of hydrogen-bond donors (Lipinski definition) is 0. The van der Waals surface area contributed by atoms with Crippen LogP contribution in [-0.4, -0.2) is 0 Å². The Kier molecular flexibility index (Phi) is 5.53. The second kappa shape index (κ2) is 9.55. The Morgan fingerprint density at radius 2 is 0.956 bits per heavy atom. The predicted molar refractivity (Wildman–Crippen MR) is 185 cm³/mol. The molecule has 45 heavy (non-hydrogen) atoms. The van der Waals surface area contributed by atoms with E-state index in [4.69, 9.17) is 4.74 Å². The Hall–Kier alpha value is -5.40. The molecule has 9 rings (SSSR count). The summed E-state index contributed by atoms with van der Waals surface area (Å²) in [5, 5.41) is 2.58. The quantitative estimate of drug-likeness (QED) is 0.203. The van der Waals surface area contributed by atoms with Crippen LogP contribution in [0.5, 0.6) is 11.5 Å². The zero-order valence-electron chi connectivity index (χ0n) is 25.4. The molecular formula is C44H32O. The fraction of sp³-hybridized carbons (Fsp3) is 0.0909. The molecule has 0 saturated carbocycles. The van der Waals surface area contributed by atoms with Crippen LogP contribution in [0.2, 0.25) is 0 Å². The maximum Gasteiger partial charge on any atom is 0.132 e. The van der Waals surface area contributed by atoms with E-state index in [1.807, 2.05) is 0 Å². The van der Waals surface area contributed by atoms with Gasteiger partial charge in [0.2, 0.25) is 0 Å². The highest BCUT2D eigenvalue weighted by Crippen LogP contribution is 2.56. The van der Waals surface area contributed by atoms with Gasteiger partial charge in [0.25, 0.3) is 0 Å². The summed E-state index contributed by atoms with van der Waals surface area (Å²) < 4.78 is 6.77. The SMILES string of the molecule is CC1(C)c2cc(-c3ccc4c(c3)Oc3ccccc3C4(c3ccccc3)c3ccccc3)ccc2-c2cc3ccccc3cc21. The van der Waals surface area contributed by atoms with Gasteiger partial charge in [-0.05, 0) is 85.6 Å². The normalized spacial score (nSPS) is 15.0. The molecule has 1 nitrogen and oxygen atoms in total. The molecule has 1 aliphatic heterocycles. The van der Waals surface area contributed by atoms with Gasteiger partial charge < -0.3 is 4.74 Å². The van der Waals surface area contributed by atoms with E-state index in [1.54, 1.807) is 0 Å². The van der Waals surface area contributed by atoms with Gasteiger partial charge in [0.05, 0.1) is 5.41 Å². The second-order valence-electron chi connectivity index (χ2n) is 12.9. The van der Waals surface area contributed by atoms with Gasteiger partial charge in [-0.15, -0.1) is 0 Å². The van der Waals surface area contributed by atoms with Gasteiger partial charge in [0.15, 0.2) is 0 Å². The maximum atomic E-state index is 6.77. The van der Waals surface area contributed by atoms with Crippen LogP contribution in [0.25, 0.3) is 33.0 Å². The Labute approximate surface area is 264 Å². The van der Waals surface area contributed by atoms with Crippen LogP contribution < -0.4 is 4.74 Å². The lowest BCUT2D eigenvalue weighted by Crippen LogP contribution is -2.34. The van der Waals surface area contributed by atoms with E-state index >= 15 is 0 Å². The van der Waals surface area contributed by atoms with Crippen molar-refractivity contribution in [3.8, 4) is 33.8 Å². The molecule has 2 aliphatic rings. The van der Waals surface area contributed by atoms with Gasteiger partial charge in [0, 0.05) is 16.5 Å². The highest BCUT2D eigenvalue weighted by Gasteiger charge is 2.45. The summed E-state index contributed by atoms with van der Waals surface area (Å²) in [6, 6.07) is 57.5. The molecule has 0 bridgehead atoms. The smallest absolute Gasteiger partial charge is 0.132 e. The van der Waals surface area contributed by atoms with E-state index in [0.717, 1.165) is 28.2 Å². The lowest BCUT2D eigenvalue weighted by atomic mass is 9.63. The predicted octanol–water partition coefficient (Wildman–Crippen LogP) is 11.3. The lowest BCUT2D eigenvalue weighted by Gasteiger charge is -2.41. The summed E-state index contributed by atoms with van der Waals surface area (Å²) in [4.78, 5) is 0. The minimum Gasteiger partial charge on any atom is -0.457 e. The van der Waals surface area contributed by atoms with Crippen molar-refractivity contribution >= 4 is 10.8 Å². The number of fused-ring (bicyclic) bond motifs is 6. The summed E-state index contributed by atoms with van der Waals surface area (Å²) >= 11 is 0. The van der Waals surface area contributed by atoms with Crippen molar-refractivity contribution in [3.05, 3.63) is 191 Å². The second-order valence-corrected chi connectivity index (χ2v) is 12.9. The Balaban J connectivity index is 1.23. The van der Waals surface area contributed by atoms with Crippen LogP contribution >= 0.6 is 0 Å². The molecule has 1 heterocycles. The molecule has 7 aromatic carbocycles. The molecular weight excluding hydrogens is 544 g/mol. The zero-order chi connectivity index (χ0) is 30.2. The number of rotatable bonds is 3. The van der Waals surface area contributed by atoms with Crippen molar-refractivity contribution in [2.45, 2.75) is 24.7 Å². The third-order valence-corrected chi connectivity index (χ3v) is 10.2. The standard InChI is InChI=1S/C44H32O/c1-43(2)39-27-31(21-23-35(39)36-25-29-13-9-10-14-30(29)26-40(36)43)32-22-24-38-42(28-32)45-41-20-12-11-19-37(41)44(38,33-15-5-3-6-16-33)34-17-7-4-8-18-34/h3-28H,1-2H3. The van der Waals surface area contributed by atoms with Gasteiger partial charge >= 0.3 is 0 Å². The fourth-order valence-electron chi connectivity index (χ4n) is 7.99. The first-order chi connectivity index (χ1) is 22.0. The van der Waals surface area contributed by atoms with Crippen molar-refractivity contribution in [1.82, 2.24) is 0 Å². The highest BCUT2D eigenvalue weighted by atomic mass is 16.5. The summed E-state index contributed by atoms with van der Waals surface area (Å²) in [5.41, 5.74) is 12.0. The zero-order valence-corrected chi connectivity index (χ0v) is 25.4. The van der Waals surface area contributed by atoms with Gasteiger partial charge in [0.1, 0.15) is 11.5 Å². The summed E-state index contributed by atoms with van der Waals surface area (Å²) in [5.74, 6) is 1.79. The Bertz CT molecular complexity index is 2220. The van der Waals surface area contributed by atoms with E-state index in [0.29, 0.717) is 0 Å². The maximum absolute atomic E-state index is 6.77. The van der Waals surface area contributed by atoms with Crippen molar-refractivity contribution < 1.29 is 4.74 Å². The van der Waals surface area contributed by atoms with Crippen molar-refractivity contribution in [2.24, 2.45) is 0 Å². The molecule has 0 N–H and O–H groups in total. The molecule has 0 aromatic heterocycles.